The van der Waals surface area contributed by atoms with E-state index in [0.717, 1.165) is 0 Å². The van der Waals surface area contributed by atoms with Crippen LogP contribution in [0.3, 0.4) is 0 Å². The molecule has 126 valence electrons. The van der Waals surface area contributed by atoms with E-state index in [1.54, 1.807) is 32.7 Å². The molecule has 0 saturated carbocycles. The number of hydrogen-bond acceptors (Lipinski definition) is 6. The summed E-state index contributed by atoms with van der Waals surface area (Å²) in [4.78, 5) is 20.3. The van der Waals surface area contributed by atoms with Crippen LogP contribution in [0.1, 0.15) is 46.1 Å². The number of ether oxygens (including phenoxy) is 1. The normalized spacial score (nSPS) is 11.1. The number of carbonyl (C=O) groups is 1. The standard InChI is InChI=1S/C15H22BrN5O2/c1-9(2)8-21(20-14(22)23-15(4,5)6)13-12(16)10(3)18-11(7-17)19-13/h9H,8H2,1-6H3,(H,20,22). The van der Waals surface area contributed by atoms with Crippen LogP contribution in [0, 0.1) is 24.2 Å². The average molecular weight is 384 g/mol. The molecule has 1 amide bonds. The second kappa shape index (κ2) is 7.59. The van der Waals surface area contributed by atoms with Crippen LogP contribution in [0.2, 0.25) is 0 Å². The van der Waals surface area contributed by atoms with Crippen molar-refractivity contribution in [3.8, 4) is 6.07 Å². The van der Waals surface area contributed by atoms with E-state index < -0.39 is 11.7 Å². The number of anilines is 1. The zero-order chi connectivity index (χ0) is 17.8. The fraction of sp³-hybridized carbons (Fsp3) is 0.600. The van der Waals surface area contributed by atoms with Crippen molar-refractivity contribution in [2.75, 3.05) is 11.6 Å². The van der Waals surface area contributed by atoms with Gasteiger partial charge in [0.05, 0.1) is 10.2 Å². The monoisotopic (exact) mass is 383 g/mol. The van der Waals surface area contributed by atoms with E-state index in [9.17, 15) is 4.79 Å². The van der Waals surface area contributed by atoms with Gasteiger partial charge in [-0.25, -0.2) is 15.2 Å². The summed E-state index contributed by atoms with van der Waals surface area (Å²) >= 11 is 3.42. The first-order chi connectivity index (χ1) is 10.5. The lowest BCUT2D eigenvalue weighted by molar-refractivity contribution is 0.0519. The zero-order valence-electron chi connectivity index (χ0n) is 14.3. The summed E-state index contributed by atoms with van der Waals surface area (Å²) in [5.41, 5.74) is 2.69. The number of nitrogens with zero attached hydrogens (tertiary/aromatic N) is 4. The smallest absolute Gasteiger partial charge is 0.426 e. The van der Waals surface area contributed by atoms with Crippen LogP contribution in [-0.4, -0.2) is 28.2 Å². The van der Waals surface area contributed by atoms with Gasteiger partial charge in [-0.1, -0.05) is 13.8 Å². The topological polar surface area (TPSA) is 91.1 Å². The number of hydrazine groups is 1. The molecular formula is C15H22BrN5O2. The van der Waals surface area contributed by atoms with E-state index in [1.807, 2.05) is 19.9 Å². The van der Waals surface area contributed by atoms with E-state index >= 15 is 0 Å². The first kappa shape index (κ1) is 19.2. The molecule has 0 radical (unpaired) electrons. The number of nitrogens with one attached hydrogen (secondary N) is 1. The van der Waals surface area contributed by atoms with E-state index in [4.69, 9.17) is 10.00 Å². The number of aryl methyl sites for hydroxylation is 1. The fourth-order valence-corrected chi connectivity index (χ4v) is 2.13. The number of rotatable bonds is 4. The number of amides is 1. The third-order valence-corrected chi connectivity index (χ3v) is 3.46. The van der Waals surface area contributed by atoms with Crippen molar-refractivity contribution < 1.29 is 9.53 Å². The van der Waals surface area contributed by atoms with Crippen molar-refractivity contribution in [3.63, 3.8) is 0 Å². The Morgan fingerprint density at radius 2 is 2.04 bits per heavy atom. The maximum atomic E-state index is 12.1. The van der Waals surface area contributed by atoms with Crippen molar-refractivity contribution in [2.24, 2.45) is 5.92 Å². The van der Waals surface area contributed by atoms with Crippen molar-refractivity contribution in [2.45, 2.75) is 47.1 Å². The van der Waals surface area contributed by atoms with Crippen LogP contribution < -0.4 is 10.4 Å². The molecule has 1 heterocycles. The van der Waals surface area contributed by atoms with Gasteiger partial charge in [0.15, 0.2) is 5.82 Å². The molecule has 0 saturated heterocycles. The van der Waals surface area contributed by atoms with Crippen LogP contribution in [0.5, 0.6) is 0 Å². The summed E-state index contributed by atoms with van der Waals surface area (Å²) in [6.45, 7) is 11.7. The van der Waals surface area contributed by atoms with Gasteiger partial charge in [-0.3, -0.25) is 5.01 Å². The Kier molecular flexibility index (Phi) is 6.33. The molecule has 0 unspecified atom stereocenters. The number of carbonyl (C=O) groups excluding carboxylic acids is 1. The SMILES string of the molecule is Cc1nc(C#N)nc(N(CC(C)C)NC(=O)OC(C)(C)C)c1Br. The summed E-state index contributed by atoms with van der Waals surface area (Å²) in [5.74, 6) is 0.715. The number of hydrogen-bond donors (Lipinski definition) is 1. The van der Waals surface area contributed by atoms with Crippen molar-refractivity contribution in [1.29, 1.82) is 5.26 Å². The van der Waals surface area contributed by atoms with Gasteiger partial charge in [0.2, 0.25) is 5.82 Å². The molecule has 0 bridgehead atoms. The van der Waals surface area contributed by atoms with Crippen LogP contribution >= 0.6 is 15.9 Å². The first-order valence-electron chi connectivity index (χ1n) is 7.25. The van der Waals surface area contributed by atoms with Gasteiger partial charge in [0.25, 0.3) is 0 Å². The molecule has 0 atom stereocenters. The lowest BCUT2D eigenvalue weighted by Gasteiger charge is -2.28. The van der Waals surface area contributed by atoms with Crippen molar-refractivity contribution >= 4 is 27.8 Å². The molecule has 1 aromatic heterocycles. The minimum absolute atomic E-state index is 0.0421. The zero-order valence-corrected chi connectivity index (χ0v) is 15.9. The Hall–Kier alpha value is -1.88. The highest BCUT2D eigenvalue weighted by molar-refractivity contribution is 9.10. The average Bonchev–Trinajstić information content (AvgIpc) is 2.38. The number of aromatic nitrogens is 2. The first-order valence-corrected chi connectivity index (χ1v) is 8.04. The quantitative estimate of drug-likeness (QED) is 0.801. The Morgan fingerprint density at radius 3 is 2.52 bits per heavy atom. The maximum Gasteiger partial charge on any atom is 0.426 e. The molecule has 0 fully saturated rings. The fourth-order valence-electron chi connectivity index (χ4n) is 1.73. The third kappa shape index (κ3) is 6.02. The molecular weight excluding hydrogens is 362 g/mol. The lowest BCUT2D eigenvalue weighted by atomic mass is 10.2. The summed E-state index contributed by atoms with van der Waals surface area (Å²) < 4.78 is 5.90. The second-order valence-electron chi connectivity index (χ2n) is 6.50. The molecule has 0 spiro atoms. The van der Waals surface area contributed by atoms with Gasteiger partial charge in [0, 0.05) is 6.54 Å². The summed E-state index contributed by atoms with van der Waals surface area (Å²) in [6.07, 6.45) is -0.583. The summed E-state index contributed by atoms with van der Waals surface area (Å²) in [7, 11) is 0. The van der Waals surface area contributed by atoms with Gasteiger partial charge in [-0.15, -0.1) is 0 Å². The Labute approximate surface area is 145 Å². The van der Waals surface area contributed by atoms with E-state index in [0.29, 0.717) is 22.5 Å². The van der Waals surface area contributed by atoms with Gasteiger partial charge < -0.3 is 4.74 Å². The highest BCUT2D eigenvalue weighted by Gasteiger charge is 2.22. The van der Waals surface area contributed by atoms with E-state index in [1.165, 1.54) is 0 Å². The molecule has 1 aromatic rings. The number of halogens is 1. The molecule has 0 aliphatic carbocycles. The largest absolute Gasteiger partial charge is 0.443 e. The van der Waals surface area contributed by atoms with Gasteiger partial charge in [-0.05, 0) is 49.5 Å². The molecule has 7 nitrogen and oxygen atoms in total. The summed E-state index contributed by atoms with van der Waals surface area (Å²) in [5, 5.41) is 10.6. The second-order valence-corrected chi connectivity index (χ2v) is 7.29. The van der Waals surface area contributed by atoms with Gasteiger partial charge in [0.1, 0.15) is 11.7 Å². The molecule has 0 aliphatic heterocycles. The van der Waals surface area contributed by atoms with Crippen LogP contribution in [0.4, 0.5) is 10.6 Å². The van der Waals surface area contributed by atoms with Crippen LogP contribution in [0.15, 0.2) is 4.47 Å². The Balaban J connectivity index is 3.15. The molecule has 1 N–H and O–H groups in total. The predicted octanol–water partition coefficient (Wildman–Crippen LogP) is 3.32. The highest BCUT2D eigenvalue weighted by atomic mass is 79.9. The predicted molar refractivity (Wildman–Crippen MR) is 90.7 cm³/mol. The van der Waals surface area contributed by atoms with Gasteiger partial charge >= 0.3 is 6.09 Å². The van der Waals surface area contributed by atoms with Crippen molar-refractivity contribution in [1.82, 2.24) is 15.4 Å². The maximum absolute atomic E-state index is 12.1. The molecule has 1 rings (SSSR count). The molecule has 8 heteroatoms. The molecule has 0 aliphatic rings. The van der Waals surface area contributed by atoms with Crippen molar-refractivity contribution in [3.05, 3.63) is 16.0 Å². The minimum atomic E-state index is -0.607. The van der Waals surface area contributed by atoms with Crippen LogP contribution in [-0.2, 0) is 4.74 Å². The van der Waals surface area contributed by atoms with Gasteiger partial charge in [-0.2, -0.15) is 10.2 Å². The Morgan fingerprint density at radius 1 is 1.43 bits per heavy atom. The minimum Gasteiger partial charge on any atom is -0.443 e. The van der Waals surface area contributed by atoms with Crippen LogP contribution in [0.25, 0.3) is 0 Å². The highest BCUT2D eigenvalue weighted by Crippen LogP contribution is 2.26. The van der Waals surface area contributed by atoms with E-state index in [2.05, 4.69) is 31.3 Å². The lowest BCUT2D eigenvalue weighted by Crippen LogP contribution is -2.47. The number of nitriles is 1. The third-order valence-electron chi connectivity index (χ3n) is 2.53. The summed E-state index contributed by atoms with van der Waals surface area (Å²) in [6, 6.07) is 1.92. The van der Waals surface area contributed by atoms with E-state index in [-0.39, 0.29) is 11.7 Å². The molecule has 23 heavy (non-hydrogen) atoms. The Bertz CT molecular complexity index is 620. The molecule has 0 aromatic carbocycles.